The molecule has 0 unspecified atom stereocenters. The molecule has 0 spiro atoms. The third-order valence-electron chi connectivity index (χ3n) is 5.78. The van der Waals surface area contributed by atoms with Crippen molar-refractivity contribution >= 4 is 11.6 Å². The Bertz CT molecular complexity index is 1160. The van der Waals surface area contributed by atoms with Gasteiger partial charge in [0.05, 0.1) is 25.1 Å². The van der Waals surface area contributed by atoms with Gasteiger partial charge in [0, 0.05) is 23.9 Å². The lowest BCUT2D eigenvalue weighted by Crippen LogP contribution is -2.26. The maximum absolute atomic E-state index is 13.2. The molecule has 2 fully saturated rings. The summed E-state index contributed by atoms with van der Waals surface area (Å²) in [6.07, 6.45) is 8.72. The topological polar surface area (TPSA) is 74.1 Å². The molecule has 0 bridgehead atoms. The number of hydrogen-bond acceptors (Lipinski definition) is 5. The largest absolute Gasteiger partial charge is 0.496 e. The summed E-state index contributed by atoms with van der Waals surface area (Å²) in [6, 6.07) is 6.79. The highest BCUT2D eigenvalue weighted by Gasteiger charge is 2.29. The predicted octanol–water partition coefficient (Wildman–Crippen LogP) is 4.43. The van der Waals surface area contributed by atoms with E-state index in [1.54, 1.807) is 12.3 Å². The Balaban J connectivity index is 1.53. The molecule has 3 aromatic rings. The van der Waals surface area contributed by atoms with Gasteiger partial charge in [0.25, 0.3) is 5.91 Å². The van der Waals surface area contributed by atoms with Crippen molar-refractivity contribution in [1.29, 1.82) is 0 Å². The lowest BCUT2D eigenvalue weighted by atomic mass is 9.96. The van der Waals surface area contributed by atoms with Gasteiger partial charge in [0.2, 0.25) is 0 Å². The maximum Gasteiger partial charge on any atom is 0.387 e. The summed E-state index contributed by atoms with van der Waals surface area (Å²) in [6.45, 7) is -3.09. The van der Waals surface area contributed by atoms with E-state index < -0.39 is 12.5 Å². The van der Waals surface area contributed by atoms with Crippen molar-refractivity contribution in [3.63, 3.8) is 0 Å². The molecule has 1 N–H and O–H groups in total. The van der Waals surface area contributed by atoms with Gasteiger partial charge in [-0.25, -0.2) is 4.98 Å². The average Bonchev–Trinajstić information content (AvgIpc) is 3.44. The molecule has 2 aromatic heterocycles. The normalized spacial score (nSPS) is 16.1. The van der Waals surface area contributed by atoms with Gasteiger partial charge in [-0.1, -0.05) is 0 Å². The molecule has 0 radical (unpaired) electrons. The second kappa shape index (κ2) is 8.29. The summed E-state index contributed by atoms with van der Waals surface area (Å²) in [5.41, 5.74) is 1.78. The van der Waals surface area contributed by atoms with Crippen LogP contribution in [0, 0.1) is 0 Å². The number of pyridine rings is 1. The number of halogens is 2. The number of alkyl halides is 2. The smallest absolute Gasteiger partial charge is 0.387 e. The first-order valence-electron chi connectivity index (χ1n) is 10.6. The molecule has 2 saturated carbocycles. The van der Waals surface area contributed by atoms with Gasteiger partial charge in [-0.2, -0.15) is 8.78 Å². The van der Waals surface area contributed by atoms with E-state index in [1.807, 2.05) is 22.7 Å². The number of hydrogen-bond donors (Lipinski definition) is 1. The van der Waals surface area contributed by atoms with Crippen molar-refractivity contribution in [3.8, 4) is 28.5 Å². The fourth-order valence-electron chi connectivity index (χ4n) is 3.73. The van der Waals surface area contributed by atoms with Crippen LogP contribution in [-0.2, 0) is 0 Å². The quantitative estimate of drug-likeness (QED) is 0.557. The number of fused-ring (bicyclic) bond motifs is 1. The van der Waals surface area contributed by atoms with E-state index in [-0.39, 0.29) is 29.2 Å². The number of rotatable bonds is 8. The highest BCUT2D eigenvalue weighted by molar-refractivity contribution is 6.01. The van der Waals surface area contributed by atoms with Crippen LogP contribution in [0.15, 0.2) is 36.7 Å². The fraction of sp³-hybridized carbons (Fsp3) is 0.391. The minimum Gasteiger partial charge on any atom is -0.496 e. The number of nitrogens with zero attached hydrogens (tertiary/aromatic N) is 2. The first kappa shape index (κ1) is 20.5. The Morgan fingerprint density at radius 2 is 1.97 bits per heavy atom. The number of benzene rings is 1. The van der Waals surface area contributed by atoms with E-state index in [0.717, 1.165) is 31.4 Å². The minimum absolute atomic E-state index is 0.0477. The van der Waals surface area contributed by atoms with E-state index in [0.29, 0.717) is 16.9 Å². The Morgan fingerprint density at radius 1 is 1.19 bits per heavy atom. The van der Waals surface area contributed by atoms with Crippen LogP contribution in [0.25, 0.3) is 16.9 Å². The van der Waals surface area contributed by atoms with E-state index in [2.05, 4.69) is 10.3 Å². The molecule has 0 aliphatic heterocycles. The van der Waals surface area contributed by atoms with Gasteiger partial charge in [0.15, 0.2) is 0 Å². The molecule has 1 aromatic carbocycles. The second-order valence-corrected chi connectivity index (χ2v) is 8.08. The van der Waals surface area contributed by atoms with Crippen LogP contribution in [0.4, 0.5) is 8.78 Å². The molecule has 168 valence electrons. The van der Waals surface area contributed by atoms with Gasteiger partial charge < -0.3 is 19.5 Å². The Labute approximate surface area is 183 Å². The number of imidazole rings is 1. The molecular formula is C23H23F2N3O4. The maximum atomic E-state index is 13.2. The summed E-state index contributed by atoms with van der Waals surface area (Å²) in [7, 11) is 1.39. The van der Waals surface area contributed by atoms with E-state index in [4.69, 9.17) is 14.2 Å². The first-order chi connectivity index (χ1) is 15.5. The molecule has 5 rings (SSSR count). The van der Waals surface area contributed by atoms with Crippen LogP contribution >= 0.6 is 0 Å². The van der Waals surface area contributed by atoms with Crippen LogP contribution in [0.3, 0.4) is 0 Å². The van der Waals surface area contributed by atoms with Gasteiger partial charge >= 0.3 is 6.61 Å². The molecule has 0 atom stereocenters. The van der Waals surface area contributed by atoms with Gasteiger partial charge in [-0.3, -0.25) is 9.20 Å². The van der Waals surface area contributed by atoms with Gasteiger partial charge in [-0.05, 0) is 50.3 Å². The number of ether oxygens (including phenoxy) is 3. The Kier molecular flexibility index (Phi) is 5.32. The van der Waals surface area contributed by atoms with E-state index in [1.165, 1.54) is 19.6 Å². The van der Waals surface area contributed by atoms with Crippen LogP contribution in [-0.4, -0.2) is 41.2 Å². The van der Waals surface area contributed by atoms with E-state index >= 15 is 0 Å². The lowest BCUT2D eigenvalue weighted by molar-refractivity contribution is -0.0502. The van der Waals surface area contributed by atoms with Crippen molar-refractivity contribution in [3.05, 3.63) is 42.2 Å². The Hall–Kier alpha value is -3.36. The molecule has 2 heterocycles. The molecular weight excluding hydrogens is 420 g/mol. The first-order valence-corrected chi connectivity index (χ1v) is 10.6. The highest BCUT2D eigenvalue weighted by Crippen LogP contribution is 2.37. The van der Waals surface area contributed by atoms with Crippen LogP contribution < -0.4 is 19.5 Å². The molecule has 0 saturated heterocycles. The number of aromatic nitrogens is 2. The van der Waals surface area contributed by atoms with Gasteiger partial charge in [0.1, 0.15) is 28.5 Å². The zero-order valence-electron chi connectivity index (χ0n) is 17.5. The van der Waals surface area contributed by atoms with Crippen LogP contribution in [0.5, 0.6) is 17.2 Å². The van der Waals surface area contributed by atoms with Gasteiger partial charge in [-0.15, -0.1) is 0 Å². The van der Waals surface area contributed by atoms with Crippen LogP contribution in [0.1, 0.15) is 42.5 Å². The summed E-state index contributed by atoms with van der Waals surface area (Å²) in [4.78, 5) is 17.1. The summed E-state index contributed by atoms with van der Waals surface area (Å²) in [5, 5.41) is 2.80. The molecule has 1 amide bonds. The Morgan fingerprint density at radius 3 is 2.62 bits per heavy atom. The standard InChI is InChI=1S/C23H23F2N3O4/c1-30-18-9-13(10-19(32-23(24)25)21(18)22(29)27-14-5-6-14)17-12-26-20-11-16(7-8-28(17)20)31-15-3-2-4-15/h7-12,14-15,23H,2-6H2,1H3,(H,27,29). The second-order valence-electron chi connectivity index (χ2n) is 8.08. The SMILES string of the molecule is COc1cc(-c2cnc3cc(OC4CCC4)ccn23)cc(OC(F)F)c1C(=O)NC1CC1. The van der Waals surface area contributed by atoms with Crippen molar-refractivity contribution in [2.24, 2.45) is 0 Å². The zero-order valence-corrected chi connectivity index (χ0v) is 17.5. The third kappa shape index (κ3) is 4.06. The average molecular weight is 443 g/mol. The zero-order chi connectivity index (χ0) is 22.2. The third-order valence-corrected chi connectivity index (χ3v) is 5.78. The molecule has 9 heteroatoms. The number of carbonyl (C=O) groups excluding carboxylic acids is 1. The molecule has 2 aliphatic carbocycles. The predicted molar refractivity (Wildman–Crippen MR) is 113 cm³/mol. The summed E-state index contributed by atoms with van der Waals surface area (Å²) < 4.78 is 44.2. The van der Waals surface area contributed by atoms with Crippen molar-refractivity contribution < 1.29 is 27.8 Å². The van der Waals surface area contributed by atoms with Crippen molar-refractivity contribution in [2.75, 3.05) is 7.11 Å². The molecule has 32 heavy (non-hydrogen) atoms. The van der Waals surface area contributed by atoms with Crippen molar-refractivity contribution in [2.45, 2.75) is 50.9 Å². The number of methoxy groups -OCH3 is 1. The van der Waals surface area contributed by atoms with Crippen LogP contribution in [0.2, 0.25) is 0 Å². The minimum atomic E-state index is -3.09. The lowest BCUT2D eigenvalue weighted by Gasteiger charge is -2.26. The van der Waals surface area contributed by atoms with E-state index in [9.17, 15) is 13.6 Å². The number of amides is 1. The fourth-order valence-corrected chi connectivity index (χ4v) is 3.73. The molecule has 2 aliphatic rings. The number of carbonyl (C=O) groups is 1. The summed E-state index contributed by atoms with van der Waals surface area (Å²) >= 11 is 0. The van der Waals surface area contributed by atoms with Crippen molar-refractivity contribution in [1.82, 2.24) is 14.7 Å². The summed E-state index contributed by atoms with van der Waals surface area (Å²) in [5.74, 6) is 0.150. The number of nitrogens with one attached hydrogen (secondary N) is 1. The molecule has 7 nitrogen and oxygen atoms in total. The monoisotopic (exact) mass is 443 g/mol. The highest BCUT2D eigenvalue weighted by atomic mass is 19.3.